The molecule has 180 valence electrons. The van der Waals surface area contributed by atoms with Crippen molar-refractivity contribution in [1.29, 1.82) is 0 Å². The third kappa shape index (κ3) is 4.85. The van der Waals surface area contributed by atoms with Crippen molar-refractivity contribution >= 4 is 23.3 Å². The van der Waals surface area contributed by atoms with Gasteiger partial charge in [-0.3, -0.25) is 5.10 Å². The lowest BCUT2D eigenvalue weighted by molar-refractivity contribution is 0.0693. The summed E-state index contributed by atoms with van der Waals surface area (Å²) in [4.78, 5) is 22.7. The first kappa shape index (κ1) is 22.9. The van der Waals surface area contributed by atoms with E-state index in [2.05, 4.69) is 49.7 Å². The maximum Gasteiger partial charge on any atom is 0.345 e. The van der Waals surface area contributed by atoms with Crippen molar-refractivity contribution in [3.05, 3.63) is 59.0 Å². The molecular weight excluding hydrogens is 466 g/mol. The van der Waals surface area contributed by atoms with Gasteiger partial charge in [0, 0.05) is 35.6 Å². The Labute approximate surface area is 206 Å². The molecule has 0 bridgehead atoms. The minimum Gasteiger partial charge on any atom is -0.477 e. The molecule has 4 aromatic rings. The van der Waals surface area contributed by atoms with Gasteiger partial charge in [0.05, 0.1) is 5.69 Å². The van der Waals surface area contributed by atoms with Crippen LogP contribution in [0.3, 0.4) is 0 Å². The molecule has 0 amide bonds. The second kappa shape index (κ2) is 9.79. The highest BCUT2D eigenvalue weighted by atomic mass is 32.1. The lowest BCUT2D eigenvalue weighted by Gasteiger charge is -2.33. The number of rotatable bonds is 7. The Morgan fingerprint density at radius 2 is 1.97 bits per heavy atom. The molecule has 2 N–H and O–H groups in total. The Kier molecular flexibility index (Phi) is 6.41. The molecule has 1 aliphatic rings. The SMILES string of the molecule is CC(C)c1cc(C2CCN(c3ncnc(Oc4ccc(-c5csnn5)cc4)c3C(=O)O)CC2)[nH]n1. The smallest absolute Gasteiger partial charge is 0.345 e. The lowest BCUT2D eigenvalue weighted by Crippen LogP contribution is -2.35. The lowest BCUT2D eigenvalue weighted by atomic mass is 9.92. The van der Waals surface area contributed by atoms with Gasteiger partial charge < -0.3 is 14.7 Å². The molecule has 35 heavy (non-hydrogen) atoms. The van der Waals surface area contributed by atoms with E-state index >= 15 is 0 Å². The molecule has 0 radical (unpaired) electrons. The van der Waals surface area contributed by atoms with Crippen molar-refractivity contribution in [2.24, 2.45) is 0 Å². The number of H-pyrrole nitrogens is 1. The number of carboxylic acid groups (broad SMARTS) is 1. The van der Waals surface area contributed by atoms with Gasteiger partial charge in [-0.05, 0) is 60.6 Å². The van der Waals surface area contributed by atoms with Gasteiger partial charge in [0.25, 0.3) is 0 Å². The van der Waals surface area contributed by atoms with Crippen LogP contribution in [0.25, 0.3) is 11.3 Å². The zero-order valence-corrected chi connectivity index (χ0v) is 20.2. The first-order valence-electron chi connectivity index (χ1n) is 11.4. The number of hydrogen-bond acceptors (Lipinski definition) is 9. The summed E-state index contributed by atoms with van der Waals surface area (Å²) in [6.45, 7) is 5.59. The van der Waals surface area contributed by atoms with Crippen molar-refractivity contribution in [2.45, 2.75) is 38.5 Å². The molecule has 10 nitrogen and oxygen atoms in total. The van der Waals surface area contributed by atoms with Crippen LogP contribution in [-0.4, -0.2) is 53.9 Å². The van der Waals surface area contributed by atoms with Crippen molar-refractivity contribution in [3.8, 4) is 22.9 Å². The van der Waals surface area contributed by atoms with E-state index in [1.165, 1.54) is 17.9 Å². The van der Waals surface area contributed by atoms with Crippen LogP contribution in [0.2, 0.25) is 0 Å². The number of aromatic carboxylic acids is 1. The summed E-state index contributed by atoms with van der Waals surface area (Å²) in [6.07, 6.45) is 3.08. The Balaban J connectivity index is 1.33. The van der Waals surface area contributed by atoms with Gasteiger partial charge in [0.15, 0.2) is 11.4 Å². The number of nitrogens with zero attached hydrogens (tertiary/aromatic N) is 6. The third-order valence-electron chi connectivity index (χ3n) is 6.17. The fourth-order valence-corrected chi connectivity index (χ4v) is 4.69. The molecule has 5 rings (SSSR count). The van der Waals surface area contributed by atoms with Gasteiger partial charge in [-0.1, -0.05) is 18.3 Å². The maximum atomic E-state index is 12.2. The zero-order valence-electron chi connectivity index (χ0n) is 19.4. The number of anilines is 1. The summed E-state index contributed by atoms with van der Waals surface area (Å²) in [6, 6.07) is 9.34. The summed E-state index contributed by atoms with van der Waals surface area (Å²) in [5.41, 5.74) is 3.83. The number of ether oxygens (including phenoxy) is 1. The van der Waals surface area contributed by atoms with E-state index in [1.54, 1.807) is 12.1 Å². The minimum absolute atomic E-state index is 0.0165. The largest absolute Gasteiger partial charge is 0.477 e. The summed E-state index contributed by atoms with van der Waals surface area (Å²) >= 11 is 1.28. The molecule has 0 unspecified atom stereocenters. The molecule has 1 saturated heterocycles. The number of carboxylic acids is 1. The van der Waals surface area contributed by atoms with E-state index in [1.807, 2.05) is 22.4 Å². The second-order valence-electron chi connectivity index (χ2n) is 8.76. The van der Waals surface area contributed by atoms with E-state index < -0.39 is 5.97 Å². The highest BCUT2D eigenvalue weighted by Crippen LogP contribution is 2.34. The van der Waals surface area contributed by atoms with Crippen LogP contribution >= 0.6 is 11.5 Å². The third-order valence-corrected chi connectivity index (χ3v) is 6.68. The maximum absolute atomic E-state index is 12.2. The van der Waals surface area contributed by atoms with Gasteiger partial charge in [0.1, 0.15) is 17.8 Å². The standard InChI is InChI=1S/C24H25N7O3S/c1-14(2)18-11-19(28-27-18)16-7-9-31(10-8-16)22-21(24(32)33)23(26-13-25-22)34-17-5-3-15(4-6-17)20-12-35-30-29-20/h3-6,11-14,16H,7-10H2,1-2H3,(H,27,28)(H,32,33). The van der Waals surface area contributed by atoms with E-state index in [9.17, 15) is 9.90 Å². The Bertz CT molecular complexity index is 1300. The van der Waals surface area contributed by atoms with Crippen molar-refractivity contribution < 1.29 is 14.6 Å². The number of hydrogen-bond donors (Lipinski definition) is 2. The molecule has 0 atom stereocenters. The highest BCUT2D eigenvalue weighted by Gasteiger charge is 2.29. The number of piperidine rings is 1. The number of nitrogens with one attached hydrogen (secondary N) is 1. The first-order chi connectivity index (χ1) is 17.0. The van der Waals surface area contributed by atoms with Gasteiger partial charge in [-0.15, -0.1) is 5.10 Å². The van der Waals surface area contributed by atoms with Crippen molar-refractivity contribution in [3.63, 3.8) is 0 Å². The van der Waals surface area contributed by atoms with Crippen LogP contribution in [0.15, 0.2) is 42.0 Å². The van der Waals surface area contributed by atoms with E-state index in [-0.39, 0.29) is 11.4 Å². The summed E-state index contributed by atoms with van der Waals surface area (Å²) in [7, 11) is 0. The molecule has 4 heterocycles. The predicted molar refractivity (Wildman–Crippen MR) is 131 cm³/mol. The Morgan fingerprint density at radius 1 is 1.20 bits per heavy atom. The topological polar surface area (TPSA) is 130 Å². The fourth-order valence-electron chi connectivity index (χ4n) is 4.22. The average molecular weight is 492 g/mol. The highest BCUT2D eigenvalue weighted by molar-refractivity contribution is 7.03. The quantitative estimate of drug-likeness (QED) is 0.377. The molecule has 11 heteroatoms. The number of aromatic nitrogens is 6. The summed E-state index contributed by atoms with van der Waals surface area (Å²) in [5.74, 6) is 0.462. The van der Waals surface area contributed by atoms with E-state index in [0.29, 0.717) is 36.5 Å². The monoisotopic (exact) mass is 491 g/mol. The fraction of sp³-hybridized carbons (Fsp3) is 0.333. The van der Waals surface area contributed by atoms with Crippen LogP contribution in [0.1, 0.15) is 60.3 Å². The van der Waals surface area contributed by atoms with Crippen LogP contribution in [0, 0.1) is 0 Å². The number of aromatic amines is 1. The molecule has 0 spiro atoms. The van der Waals surface area contributed by atoms with Crippen molar-refractivity contribution in [1.82, 2.24) is 29.8 Å². The van der Waals surface area contributed by atoms with Crippen LogP contribution in [0.4, 0.5) is 5.82 Å². The molecule has 1 aliphatic heterocycles. The Hall–Kier alpha value is -3.86. The van der Waals surface area contributed by atoms with Crippen molar-refractivity contribution in [2.75, 3.05) is 18.0 Å². The zero-order chi connectivity index (χ0) is 24.4. The minimum atomic E-state index is -1.13. The predicted octanol–water partition coefficient (Wildman–Crippen LogP) is 4.72. The summed E-state index contributed by atoms with van der Waals surface area (Å²) in [5, 5.41) is 23.5. The molecular formula is C24H25N7O3S. The van der Waals surface area contributed by atoms with E-state index in [4.69, 9.17) is 4.74 Å². The molecule has 0 saturated carbocycles. The van der Waals surface area contributed by atoms with Gasteiger partial charge >= 0.3 is 5.97 Å². The normalized spacial score (nSPS) is 14.4. The number of benzene rings is 1. The first-order valence-corrected chi connectivity index (χ1v) is 12.3. The average Bonchev–Trinajstić information content (AvgIpc) is 3.57. The molecule has 0 aliphatic carbocycles. The Morgan fingerprint density at radius 3 is 2.60 bits per heavy atom. The second-order valence-corrected chi connectivity index (χ2v) is 9.37. The van der Waals surface area contributed by atoms with Gasteiger partial charge in [-0.2, -0.15) is 5.10 Å². The van der Waals surface area contributed by atoms with E-state index in [0.717, 1.165) is 35.5 Å². The number of carbonyl (C=O) groups is 1. The molecule has 1 fully saturated rings. The van der Waals surface area contributed by atoms with Crippen LogP contribution < -0.4 is 9.64 Å². The molecule has 3 aromatic heterocycles. The van der Waals surface area contributed by atoms with Gasteiger partial charge in [0.2, 0.25) is 5.88 Å². The summed E-state index contributed by atoms with van der Waals surface area (Å²) < 4.78 is 9.76. The van der Waals surface area contributed by atoms with Crippen LogP contribution in [0.5, 0.6) is 11.6 Å². The molecule has 1 aromatic carbocycles. The van der Waals surface area contributed by atoms with Gasteiger partial charge in [-0.25, -0.2) is 14.8 Å². The van der Waals surface area contributed by atoms with Crippen LogP contribution in [-0.2, 0) is 0 Å².